The molecule has 16 heavy (non-hydrogen) atoms. The molecule has 0 aromatic heterocycles. The molecule has 2 rings (SSSR count). The van der Waals surface area contributed by atoms with Crippen molar-refractivity contribution in [3.8, 4) is 11.5 Å². The Morgan fingerprint density at radius 3 is 2.38 bits per heavy atom. The number of hydrogen-bond acceptors (Lipinski definition) is 1. The quantitative estimate of drug-likeness (QED) is 0.781. The Morgan fingerprint density at radius 1 is 0.938 bits per heavy atom. The molecule has 0 radical (unpaired) electrons. The average Bonchev–Trinajstić information content (AvgIpc) is 2.33. The molecular formula is C13H10ClORu. The zero-order valence-electron chi connectivity index (χ0n) is 8.41. The minimum atomic E-state index is -0.237. The molecule has 0 saturated heterocycles. The third-order valence-corrected chi connectivity index (χ3v) is 3.23. The summed E-state index contributed by atoms with van der Waals surface area (Å²) in [6.07, 6.45) is 0. The van der Waals surface area contributed by atoms with Crippen molar-refractivity contribution in [3.05, 3.63) is 60.2 Å². The first kappa shape index (κ1) is 11.5. The van der Waals surface area contributed by atoms with Gasteiger partial charge in [-0.25, -0.2) is 0 Å². The molecule has 0 unspecified atom stereocenters. The van der Waals surface area contributed by atoms with Crippen molar-refractivity contribution in [2.75, 3.05) is 0 Å². The van der Waals surface area contributed by atoms with E-state index in [0.29, 0.717) is 0 Å². The van der Waals surface area contributed by atoms with Crippen molar-refractivity contribution in [3.63, 3.8) is 0 Å². The number of hydrogen-bond donors (Lipinski definition) is 0. The van der Waals surface area contributed by atoms with Gasteiger partial charge in [-0.2, -0.15) is 0 Å². The van der Waals surface area contributed by atoms with Crippen LogP contribution in [-0.4, -0.2) is 4.61 Å². The summed E-state index contributed by atoms with van der Waals surface area (Å²) in [5.74, 6) is 1.69. The summed E-state index contributed by atoms with van der Waals surface area (Å²) >= 11 is -0.237. The van der Waals surface area contributed by atoms with E-state index in [1.54, 1.807) is 0 Å². The number of para-hydroxylation sites is 2. The van der Waals surface area contributed by atoms with E-state index >= 15 is 0 Å². The van der Waals surface area contributed by atoms with Crippen LogP contribution in [0, 0.1) is 0 Å². The Morgan fingerprint density at radius 2 is 1.62 bits per heavy atom. The van der Waals surface area contributed by atoms with Gasteiger partial charge >= 0.3 is 106 Å². The second-order valence-corrected chi connectivity index (χ2v) is 4.93. The van der Waals surface area contributed by atoms with Gasteiger partial charge in [-0.15, -0.1) is 0 Å². The molecule has 0 spiro atoms. The van der Waals surface area contributed by atoms with E-state index in [1.165, 1.54) is 0 Å². The fraction of sp³-hybridized carbons (Fsp3) is 0. The summed E-state index contributed by atoms with van der Waals surface area (Å²) in [4.78, 5) is 0. The summed E-state index contributed by atoms with van der Waals surface area (Å²) in [7, 11) is 5.79. The standard InChI is InChI=1S/C13H10O.ClH.Ru/c1-11-7-5-6-10-13(11)14-12-8-3-2-4-9-12;;/h1-10H;1H;/q;;+1/p-1. The third-order valence-electron chi connectivity index (χ3n) is 2.04. The van der Waals surface area contributed by atoms with E-state index in [4.69, 9.17) is 14.4 Å². The SMILES string of the molecule is [Cl][Ru]=[CH]c1ccccc1Oc1ccccc1. The molecule has 0 bridgehead atoms. The van der Waals surface area contributed by atoms with E-state index in [1.807, 2.05) is 59.2 Å². The van der Waals surface area contributed by atoms with Crippen LogP contribution < -0.4 is 4.74 Å². The van der Waals surface area contributed by atoms with Crippen molar-refractivity contribution in [1.82, 2.24) is 0 Å². The Hall–Kier alpha value is -0.977. The summed E-state index contributed by atoms with van der Waals surface area (Å²) in [6.45, 7) is 0. The van der Waals surface area contributed by atoms with E-state index in [2.05, 4.69) is 0 Å². The van der Waals surface area contributed by atoms with Gasteiger partial charge in [0.25, 0.3) is 0 Å². The topological polar surface area (TPSA) is 9.23 Å². The fourth-order valence-electron chi connectivity index (χ4n) is 1.31. The Kier molecular flexibility index (Phi) is 4.27. The predicted molar refractivity (Wildman–Crippen MR) is 64.0 cm³/mol. The van der Waals surface area contributed by atoms with Crippen molar-refractivity contribution >= 4 is 14.3 Å². The van der Waals surface area contributed by atoms with Crippen molar-refractivity contribution < 1.29 is 20.4 Å². The van der Waals surface area contributed by atoms with Crippen LogP contribution in [0.3, 0.4) is 0 Å². The van der Waals surface area contributed by atoms with Crippen LogP contribution >= 0.6 is 9.69 Å². The van der Waals surface area contributed by atoms with Crippen LogP contribution in [0.15, 0.2) is 54.6 Å². The molecule has 0 fully saturated rings. The summed E-state index contributed by atoms with van der Waals surface area (Å²) in [5.41, 5.74) is 1.06. The second-order valence-electron chi connectivity index (χ2n) is 3.13. The van der Waals surface area contributed by atoms with Crippen LogP contribution in [0.25, 0.3) is 0 Å². The molecule has 83 valence electrons. The van der Waals surface area contributed by atoms with Crippen molar-refractivity contribution in [2.24, 2.45) is 0 Å². The molecule has 2 aromatic rings. The normalized spacial score (nSPS) is 11.1. The minimum absolute atomic E-state index is 0.237. The molecule has 0 aliphatic carbocycles. The van der Waals surface area contributed by atoms with Gasteiger partial charge in [-0.1, -0.05) is 0 Å². The molecule has 1 nitrogen and oxygen atoms in total. The van der Waals surface area contributed by atoms with Gasteiger partial charge in [0.05, 0.1) is 0 Å². The van der Waals surface area contributed by atoms with Crippen molar-refractivity contribution in [1.29, 1.82) is 0 Å². The summed E-state index contributed by atoms with van der Waals surface area (Å²) in [6, 6.07) is 17.6. The first-order chi connectivity index (χ1) is 7.90. The van der Waals surface area contributed by atoms with Crippen LogP contribution in [0.2, 0.25) is 0 Å². The van der Waals surface area contributed by atoms with E-state index in [-0.39, 0.29) is 15.7 Å². The molecule has 0 amide bonds. The number of rotatable bonds is 3. The van der Waals surface area contributed by atoms with Gasteiger partial charge in [-0.05, 0) is 0 Å². The number of benzene rings is 2. The number of halogens is 1. The molecule has 0 heterocycles. The first-order valence-corrected chi connectivity index (χ1v) is 8.01. The molecule has 0 aliphatic rings. The predicted octanol–water partition coefficient (Wildman–Crippen LogP) is 3.87. The second kappa shape index (κ2) is 5.93. The molecule has 0 atom stereocenters. The summed E-state index contributed by atoms with van der Waals surface area (Å²) < 4.78 is 7.81. The molecular weight excluding hydrogens is 309 g/mol. The van der Waals surface area contributed by atoms with Crippen molar-refractivity contribution in [2.45, 2.75) is 0 Å². The van der Waals surface area contributed by atoms with E-state index < -0.39 is 0 Å². The van der Waals surface area contributed by atoms with Gasteiger partial charge < -0.3 is 0 Å². The van der Waals surface area contributed by atoms with Crippen LogP contribution in [0.5, 0.6) is 11.5 Å². The van der Waals surface area contributed by atoms with E-state index in [9.17, 15) is 0 Å². The van der Waals surface area contributed by atoms with Crippen LogP contribution in [0.4, 0.5) is 0 Å². The zero-order valence-corrected chi connectivity index (χ0v) is 10.9. The maximum absolute atomic E-state index is 5.79. The van der Waals surface area contributed by atoms with Gasteiger partial charge in [0.2, 0.25) is 0 Å². The molecule has 3 heteroatoms. The summed E-state index contributed by atoms with van der Waals surface area (Å²) in [5, 5.41) is 0. The van der Waals surface area contributed by atoms with E-state index in [0.717, 1.165) is 17.1 Å². The van der Waals surface area contributed by atoms with Crippen LogP contribution in [0.1, 0.15) is 5.56 Å². The maximum atomic E-state index is 5.79. The Labute approximate surface area is 106 Å². The van der Waals surface area contributed by atoms with Gasteiger partial charge in [0, 0.05) is 0 Å². The first-order valence-electron chi connectivity index (χ1n) is 4.77. The fourth-order valence-corrected chi connectivity index (χ4v) is 2.43. The molecule has 0 saturated carbocycles. The molecule has 0 N–H and O–H groups in total. The third kappa shape index (κ3) is 3.01. The zero-order chi connectivity index (χ0) is 11.2. The van der Waals surface area contributed by atoms with Gasteiger partial charge in [0.15, 0.2) is 0 Å². The average molecular weight is 319 g/mol. The molecule has 2 aromatic carbocycles. The Bertz CT molecular complexity index is 482. The van der Waals surface area contributed by atoms with Crippen LogP contribution in [-0.2, 0) is 15.7 Å². The number of ether oxygens (including phenoxy) is 1. The van der Waals surface area contributed by atoms with Gasteiger partial charge in [-0.3, -0.25) is 0 Å². The Balaban J connectivity index is 2.28. The van der Waals surface area contributed by atoms with Gasteiger partial charge in [0.1, 0.15) is 0 Å². The molecule has 0 aliphatic heterocycles. The monoisotopic (exact) mass is 319 g/mol.